The van der Waals surface area contributed by atoms with E-state index in [1.807, 2.05) is 18.2 Å². The molecule has 2 aromatic rings. The number of aromatic amines is 1. The van der Waals surface area contributed by atoms with Crippen molar-refractivity contribution in [3.8, 4) is 5.75 Å². The van der Waals surface area contributed by atoms with Crippen molar-refractivity contribution in [2.75, 3.05) is 13.7 Å². The van der Waals surface area contributed by atoms with Gasteiger partial charge in [0.25, 0.3) is 0 Å². The molecule has 1 aliphatic heterocycles. The minimum Gasteiger partial charge on any atom is -0.497 e. The largest absolute Gasteiger partial charge is 0.497 e. The Labute approximate surface area is 107 Å². The van der Waals surface area contributed by atoms with Crippen LogP contribution in [0.1, 0.15) is 37.5 Å². The van der Waals surface area contributed by atoms with Crippen LogP contribution in [0.5, 0.6) is 5.75 Å². The van der Waals surface area contributed by atoms with Crippen molar-refractivity contribution in [1.29, 1.82) is 0 Å². The standard InChI is InChI=1S/C14H19N3O/c1-18-10-6-7-11-13(9-10)17-14(16-11)12-5-3-2-4-8-15-12/h6-7,9,12,15H,2-5,8H2,1H3,(H,16,17). The number of fused-ring (bicyclic) bond motifs is 1. The highest BCUT2D eigenvalue weighted by atomic mass is 16.5. The quantitative estimate of drug-likeness (QED) is 0.855. The number of ether oxygens (including phenoxy) is 1. The third-order valence-corrected chi connectivity index (χ3v) is 3.60. The second kappa shape index (κ2) is 4.98. The molecule has 0 aliphatic carbocycles. The van der Waals surface area contributed by atoms with E-state index in [0.29, 0.717) is 6.04 Å². The highest BCUT2D eigenvalue weighted by Gasteiger charge is 2.17. The van der Waals surface area contributed by atoms with Gasteiger partial charge in [-0.1, -0.05) is 12.8 Å². The normalized spacial score (nSPS) is 20.8. The summed E-state index contributed by atoms with van der Waals surface area (Å²) in [6.45, 7) is 1.09. The summed E-state index contributed by atoms with van der Waals surface area (Å²) < 4.78 is 5.23. The van der Waals surface area contributed by atoms with Crippen molar-refractivity contribution >= 4 is 11.0 Å². The molecule has 3 rings (SSSR count). The van der Waals surface area contributed by atoms with Crippen LogP contribution in [0, 0.1) is 0 Å². The van der Waals surface area contributed by atoms with E-state index < -0.39 is 0 Å². The Morgan fingerprint density at radius 1 is 1.28 bits per heavy atom. The molecule has 0 saturated carbocycles. The van der Waals surface area contributed by atoms with Crippen molar-refractivity contribution in [3.05, 3.63) is 24.0 Å². The first kappa shape index (κ1) is 11.5. The van der Waals surface area contributed by atoms with Gasteiger partial charge in [-0.3, -0.25) is 0 Å². The molecule has 1 saturated heterocycles. The lowest BCUT2D eigenvalue weighted by Gasteiger charge is -2.12. The Kier molecular flexibility index (Phi) is 3.19. The summed E-state index contributed by atoms with van der Waals surface area (Å²) >= 11 is 0. The van der Waals surface area contributed by atoms with E-state index in [1.54, 1.807) is 7.11 Å². The summed E-state index contributed by atoms with van der Waals surface area (Å²) in [4.78, 5) is 8.09. The van der Waals surface area contributed by atoms with E-state index in [-0.39, 0.29) is 0 Å². The lowest BCUT2D eigenvalue weighted by Crippen LogP contribution is -2.21. The van der Waals surface area contributed by atoms with Gasteiger partial charge in [-0.25, -0.2) is 4.98 Å². The second-order valence-electron chi connectivity index (χ2n) is 4.86. The molecule has 1 fully saturated rings. The van der Waals surface area contributed by atoms with Gasteiger partial charge >= 0.3 is 0 Å². The molecule has 1 aromatic carbocycles. The van der Waals surface area contributed by atoms with E-state index in [1.165, 1.54) is 19.3 Å². The fourth-order valence-corrected chi connectivity index (χ4v) is 2.56. The SMILES string of the molecule is COc1ccc2nc(C3CCCCCN3)[nH]c2c1. The number of hydrogen-bond acceptors (Lipinski definition) is 3. The lowest BCUT2D eigenvalue weighted by molar-refractivity contribution is 0.415. The second-order valence-corrected chi connectivity index (χ2v) is 4.86. The molecule has 2 N–H and O–H groups in total. The summed E-state index contributed by atoms with van der Waals surface area (Å²) in [5.41, 5.74) is 2.06. The first-order chi connectivity index (χ1) is 8.86. The molecule has 1 atom stereocenters. The van der Waals surface area contributed by atoms with Gasteiger partial charge in [0.05, 0.1) is 24.2 Å². The molecule has 2 heterocycles. The predicted octanol–water partition coefficient (Wildman–Crippen LogP) is 2.78. The Morgan fingerprint density at radius 3 is 3.11 bits per heavy atom. The zero-order valence-corrected chi connectivity index (χ0v) is 10.7. The molecule has 1 aliphatic rings. The molecule has 0 bridgehead atoms. The highest BCUT2D eigenvalue weighted by molar-refractivity contribution is 5.76. The molecule has 4 heteroatoms. The van der Waals surface area contributed by atoms with E-state index in [2.05, 4.69) is 15.3 Å². The number of nitrogens with one attached hydrogen (secondary N) is 2. The lowest BCUT2D eigenvalue weighted by atomic mass is 10.1. The minimum atomic E-state index is 0.367. The van der Waals surface area contributed by atoms with Gasteiger partial charge in [0.2, 0.25) is 0 Å². The Bertz CT molecular complexity index is 527. The maximum absolute atomic E-state index is 5.23. The molecule has 18 heavy (non-hydrogen) atoms. The zero-order valence-electron chi connectivity index (χ0n) is 10.7. The van der Waals surface area contributed by atoms with Gasteiger partial charge in [-0.2, -0.15) is 0 Å². The number of imidazole rings is 1. The van der Waals surface area contributed by atoms with Crippen molar-refractivity contribution in [3.63, 3.8) is 0 Å². The molecule has 1 aromatic heterocycles. The summed E-state index contributed by atoms with van der Waals surface area (Å²) in [6.07, 6.45) is 5.02. The fraction of sp³-hybridized carbons (Fsp3) is 0.500. The number of H-pyrrole nitrogens is 1. The van der Waals surface area contributed by atoms with Crippen molar-refractivity contribution in [2.24, 2.45) is 0 Å². The van der Waals surface area contributed by atoms with E-state index >= 15 is 0 Å². The summed E-state index contributed by atoms with van der Waals surface area (Å²) in [5.74, 6) is 1.92. The number of rotatable bonds is 2. The molecule has 0 radical (unpaired) electrons. The molecule has 96 valence electrons. The third-order valence-electron chi connectivity index (χ3n) is 3.60. The molecule has 4 nitrogen and oxygen atoms in total. The number of hydrogen-bond donors (Lipinski definition) is 2. The first-order valence-electron chi connectivity index (χ1n) is 6.64. The van der Waals surface area contributed by atoms with Crippen LogP contribution in [0.25, 0.3) is 11.0 Å². The van der Waals surface area contributed by atoms with E-state index in [4.69, 9.17) is 4.74 Å². The van der Waals surface area contributed by atoms with Crippen molar-refractivity contribution in [1.82, 2.24) is 15.3 Å². The van der Waals surface area contributed by atoms with Crippen LogP contribution in [-0.2, 0) is 0 Å². The topological polar surface area (TPSA) is 49.9 Å². The Balaban J connectivity index is 1.91. The number of aromatic nitrogens is 2. The summed E-state index contributed by atoms with van der Waals surface area (Å²) in [5, 5.41) is 3.56. The van der Waals surface area contributed by atoms with Crippen LogP contribution in [-0.4, -0.2) is 23.6 Å². The van der Waals surface area contributed by atoms with Gasteiger partial charge in [-0.05, 0) is 31.5 Å². The summed E-state index contributed by atoms with van der Waals surface area (Å²) in [7, 11) is 1.69. The number of methoxy groups -OCH3 is 1. The maximum Gasteiger partial charge on any atom is 0.124 e. The van der Waals surface area contributed by atoms with Gasteiger partial charge < -0.3 is 15.0 Å². The van der Waals surface area contributed by atoms with Gasteiger partial charge in [0.1, 0.15) is 11.6 Å². The van der Waals surface area contributed by atoms with Crippen molar-refractivity contribution in [2.45, 2.75) is 31.7 Å². The van der Waals surface area contributed by atoms with Gasteiger partial charge in [-0.15, -0.1) is 0 Å². The molecular formula is C14H19N3O. The minimum absolute atomic E-state index is 0.367. The molecule has 0 spiro atoms. The number of nitrogens with zero attached hydrogens (tertiary/aromatic N) is 1. The van der Waals surface area contributed by atoms with Crippen LogP contribution < -0.4 is 10.1 Å². The van der Waals surface area contributed by atoms with Crippen LogP contribution >= 0.6 is 0 Å². The zero-order chi connectivity index (χ0) is 12.4. The average Bonchev–Trinajstić information content (AvgIpc) is 2.63. The van der Waals surface area contributed by atoms with Gasteiger partial charge in [0, 0.05) is 6.07 Å². The molecule has 0 amide bonds. The van der Waals surface area contributed by atoms with Crippen LogP contribution in [0.4, 0.5) is 0 Å². The first-order valence-corrected chi connectivity index (χ1v) is 6.64. The predicted molar refractivity (Wildman–Crippen MR) is 71.9 cm³/mol. The van der Waals surface area contributed by atoms with Gasteiger partial charge in [0.15, 0.2) is 0 Å². The third kappa shape index (κ3) is 2.20. The van der Waals surface area contributed by atoms with Crippen LogP contribution in [0.3, 0.4) is 0 Å². The molecular weight excluding hydrogens is 226 g/mol. The smallest absolute Gasteiger partial charge is 0.124 e. The van der Waals surface area contributed by atoms with E-state index in [9.17, 15) is 0 Å². The average molecular weight is 245 g/mol. The number of benzene rings is 1. The molecule has 1 unspecified atom stereocenters. The van der Waals surface area contributed by atoms with Crippen LogP contribution in [0.15, 0.2) is 18.2 Å². The Hall–Kier alpha value is -1.55. The summed E-state index contributed by atoms with van der Waals surface area (Å²) in [6, 6.07) is 6.33. The van der Waals surface area contributed by atoms with Crippen molar-refractivity contribution < 1.29 is 4.74 Å². The van der Waals surface area contributed by atoms with Crippen LogP contribution in [0.2, 0.25) is 0 Å². The van der Waals surface area contributed by atoms with E-state index in [0.717, 1.165) is 35.6 Å². The highest BCUT2D eigenvalue weighted by Crippen LogP contribution is 2.24. The maximum atomic E-state index is 5.23. The Morgan fingerprint density at radius 2 is 2.22 bits per heavy atom. The monoisotopic (exact) mass is 245 g/mol. The fourth-order valence-electron chi connectivity index (χ4n) is 2.56.